The van der Waals surface area contributed by atoms with Gasteiger partial charge in [-0.1, -0.05) is 31.6 Å². The van der Waals surface area contributed by atoms with E-state index < -0.39 is 0 Å². The van der Waals surface area contributed by atoms with E-state index in [4.69, 9.17) is 5.73 Å². The Labute approximate surface area is 125 Å². The molecule has 1 aliphatic heterocycles. The van der Waals surface area contributed by atoms with Gasteiger partial charge in [-0.2, -0.15) is 0 Å². The van der Waals surface area contributed by atoms with Crippen molar-refractivity contribution >= 4 is 17.2 Å². The Kier molecular flexibility index (Phi) is 5.63. The van der Waals surface area contributed by atoms with E-state index in [1.165, 1.54) is 24.2 Å². The highest BCUT2D eigenvalue weighted by molar-refractivity contribution is 7.10. The smallest absolute Gasteiger partial charge is 0.254 e. The van der Waals surface area contributed by atoms with Gasteiger partial charge in [0.2, 0.25) is 0 Å². The molecule has 1 amide bonds. The summed E-state index contributed by atoms with van der Waals surface area (Å²) in [7, 11) is 0. The second-order valence-electron chi connectivity index (χ2n) is 5.12. The van der Waals surface area contributed by atoms with Crippen molar-refractivity contribution in [3.8, 4) is 11.8 Å². The van der Waals surface area contributed by atoms with Gasteiger partial charge in [0.25, 0.3) is 5.91 Å². The lowest BCUT2D eigenvalue weighted by Gasteiger charge is -2.29. The minimum atomic E-state index is 0.163. The Morgan fingerprint density at radius 3 is 3.10 bits per heavy atom. The summed E-state index contributed by atoms with van der Waals surface area (Å²) in [5, 5.41) is 1.92. The second kappa shape index (κ2) is 7.47. The van der Waals surface area contributed by atoms with Gasteiger partial charge in [-0.15, -0.1) is 11.3 Å². The summed E-state index contributed by atoms with van der Waals surface area (Å²) >= 11 is 1.52. The molecular weight excluding hydrogens is 268 g/mol. The van der Waals surface area contributed by atoms with Crippen LogP contribution in [0.3, 0.4) is 0 Å². The zero-order chi connectivity index (χ0) is 14.4. The molecule has 1 unspecified atom stereocenters. The first-order valence-electron chi connectivity index (χ1n) is 7.34. The van der Waals surface area contributed by atoms with E-state index in [0.29, 0.717) is 12.6 Å². The molecule has 1 aromatic heterocycles. The van der Waals surface area contributed by atoms with Crippen LogP contribution in [0.5, 0.6) is 0 Å². The van der Waals surface area contributed by atoms with E-state index in [1.807, 2.05) is 11.4 Å². The molecule has 1 aliphatic rings. The number of carbonyl (C=O) groups is 1. The van der Waals surface area contributed by atoms with Crippen molar-refractivity contribution in [1.82, 2.24) is 4.90 Å². The van der Waals surface area contributed by atoms with Gasteiger partial charge in [-0.3, -0.25) is 4.79 Å². The minimum absolute atomic E-state index is 0.163. The Hall–Kier alpha value is -1.31. The molecule has 2 rings (SSSR count). The zero-order valence-corrected chi connectivity index (χ0v) is 12.8. The van der Waals surface area contributed by atoms with Gasteiger partial charge in [0.1, 0.15) is 0 Å². The number of hydrogen-bond acceptors (Lipinski definition) is 3. The van der Waals surface area contributed by atoms with Gasteiger partial charge in [0.15, 0.2) is 0 Å². The molecule has 1 aromatic rings. The summed E-state index contributed by atoms with van der Waals surface area (Å²) in [6.45, 7) is 3.41. The maximum absolute atomic E-state index is 12.7. The molecule has 0 radical (unpaired) electrons. The molecule has 20 heavy (non-hydrogen) atoms. The van der Waals surface area contributed by atoms with Crippen LogP contribution in [0.25, 0.3) is 0 Å². The van der Waals surface area contributed by atoms with Gasteiger partial charge < -0.3 is 10.6 Å². The number of carbonyl (C=O) groups excluding carboxylic acids is 1. The number of nitrogens with zero attached hydrogens (tertiary/aromatic N) is 1. The topological polar surface area (TPSA) is 46.3 Å². The predicted molar refractivity (Wildman–Crippen MR) is 83.8 cm³/mol. The van der Waals surface area contributed by atoms with E-state index in [2.05, 4.69) is 23.7 Å². The van der Waals surface area contributed by atoms with Crippen LogP contribution in [-0.4, -0.2) is 29.9 Å². The third kappa shape index (κ3) is 3.62. The maximum Gasteiger partial charge on any atom is 0.254 e. The molecule has 0 aliphatic carbocycles. The Morgan fingerprint density at radius 2 is 2.35 bits per heavy atom. The molecule has 4 heteroatoms. The molecule has 108 valence electrons. The molecule has 3 nitrogen and oxygen atoms in total. The molecule has 1 fully saturated rings. The fraction of sp³-hybridized carbons (Fsp3) is 0.562. The van der Waals surface area contributed by atoms with Crippen LogP contribution in [-0.2, 0) is 0 Å². The second-order valence-corrected chi connectivity index (χ2v) is 6.03. The van der Waals surface area contributed by atoms with Gasteiger partial charge >= 0.3 is 0 Å². The highest BCUT2D eigenvalue weighted by atomic mass is 32.1. The quantitative estimate of drug-likeness (QED) is 0.851. The van der Waals surface area contributed by atoms with Crippen LogP contribution in [0.1, 0.15) is 54.3 Å². The molecule has 1 saturated heterocycles. The predicted octanol–water partition coefficient (Wildman–Crippen LogP) is 2.85. The van der Waals surface area contributed by atoms with Gasteiger partial charge in [0, 0.05) is 18.0 Å². The largest absolute Gasteiger partial charge is 0.336 e. The van der Waals surface area contributed by atoms with Crippen molar-refractivity contribution in [3.05, 3.63) is 21.9 Å². The third-order valence-electron chi connectivity index (χ3n) is 3.77. The van der Waals surface area contributed by atoms with Crippen molar-refractivity contribution in [2.75, 3.05) is 13.1 Å². The highest BCUT2D eigenvalue weighted by Crippen LogP contribution is 2.23. The molecule has 0 spiro atoms. The van der Waals surface area contributed by atoms with Crippen molar-refractivity contribution in [1.29, 1.82) is 0 Å². The monoisotopic (exact) mass is 290 g/mol. The number of nitrogens with two attached hydrogens (primary N) is 1. The first kappa shape index (κ1) is 15.1. The van der Waals surface area contributed by atoms with Gasteiger partial charge in [-0.05, 0) is 25.3 Å². The van der Waals surface area contributed by atoms with Crippen LogP contribution >= 0.6 is 11.3 Å². The lowest BCUT2D eigenvalue weighted by molar-refractivity contribution is 0.0679. The Balaban J connectivity index is 2.14. The van der Waals surface area contributed by atoms with E-state index >= 15 is 0 Å². The molecule has 0 aromatic carbocycles. The third-order valence-corrected chi connectivity index (χ3v) is 4.61. The van der Waals surface area contributed by atoms with E-state index in [1.54, 1.807) is 0 Å². The van der Waals surface area contributed by atoms with E-state index in [9.17, 15) is 4.79 Å². The molecule has 2 heterocycles. The van der Waals surface area contributed by atoms with Crippen molar-refractivity contribution in [2.45, 2.75) is 45.1 Å². The van der Waals surface area contributed by atoms with Crippen LogP contribution in [0.2, 0.25) is 0 Å². The van der Waals surface area contributed by atoms with Crippen molar-refractivity contribution in [3.63, 3.8) is 0 Å². The van der Waals surface area contributed by atoms with Crippen LogP contribution in [0, 0.1) is 11.8 Å². The Bertz CT molecular complexity index is 512. The van der Waals surface area contributed by atoms with Crippen molar-refractivity contribution in [2.24, 2.45) is 5.73 Å². The highest BCUT2D eigenvalue weighted by Gasteiger charge is 2.25. The average molecular weight is 290 g/mol. The molecule has 0 bridgehead atoms. The lowest BCUT2D eigenvalue weighted by Crippen LogP contribution is -2.39. The van der Waals surface area contributed by atoms with Crippen LogP contribution in [0.4, 0.5) is 0 Å². The standard InChI is InChI=1S/C16H22N2OS/c1-2-14-7-4-3-5-10-18(14)16(19)13-11-15(20-12-13)8-6-9-17/h11-12,14H,2-5,7,9-10,17H2,1H3. The summed E-state index contributed by atoms with van der Waals surface area (Å²) in [6, 6.07) is 2.29. The van der Waals surface area contributed by atoms with Crippen LogP contribution < -0.4 is 5.73 Å². The van der Waals surface area contributed by atoms with E-state index in [0.717, 1.165) is 36.2 Å². The number of rotatable bonds is 2. The summed E-state index contributed by atoms with van der Waals surface area (Å²) in [5.41, 5.74) is 6.14. The summed E-state index contributed by atoms with van der Waals surface area (Å²) in [5.74, 6) is 5.99. The molecule has 2 N–H and O–H groups in total. The SMILES string of the molecule is CCC1CCCCCN1C(=O)c1csc(C#CCN)c1. The maximum atomic E-state index is 12.7. The number of hydrogen-bond donors (Lipinski definition) is 1. The normalized spacial score (nSPS) is 19.1. The Morgan fingerprint density at radius 1 is 1.50 bits per heavy atom. The first-order valence-corrected chi connectivity index (χ1v) is 8.22. The summed E-state index contributed by atoms with van der Waals surface area (Å²) in [6.07, 6.45) is 5.75. The molecular formula is C16H22N2OS. The van der Waals surface area contributed by atoms with Crippen molar-refractivity contribution < 1.29 is 4.79 Å². The fourth-order valence-corrected chi connectivity index (χ4v) is 3.44. The number of thiophene rings is 1. The number of likely N-dealkylation sites (tertiary alicyclic amines) is 1. The molecule has 0 saturated carbocycles. The lowest BCUT2D eigenvalue weighted by atomic mass is 10.1. The van der Waals surface area contributed by atoms with Crippen LogP contribution in [0.15, 0.2) is 11.4 Å². The van der Waals surface area contributed by atoms with Gasteiger partial charge in [-0.25, -0.2) is 0 Å². The average Bonchev–Trinajstić information content (AvgIpc) is 2.81. The van der Waals surface area contributed by atoms with E-state index in [-0.39, 0.29) is 5.91 Å². The fourth-order valence-electron chi connectivity index (χ4n) is 2.69. The first-order chi connectivity index (χ1) is 9.76. The number of amides is 1. The summed E-state index contributed by atoms with van der Waals surface area (Å²) < 4.78 is 0. The zero-order valence-electron chi connectivity index (χ0n) is 12.0. The minimum Gasteiger partial charge on any atom is -0.336 e. The van der Waals surface area contributed by atoms with Gasteiger partial charge in [0.05, 0.1) is 17.0 Å². The summed E-state index contributed by atoms with van der Waals surface area (Å²) in [4.78, 5) is 15.7. The molecule has 1 atom stereocenters.